The summed E-state index contributed by atoms with van der Waals surface area (Å²) in [4.78, 5) is 27.8. The second-order valence-electron chi connectivity index (χ2n) is 8.03. The minimum atomic E-state index is -0.154. The summed E-state index contributed by atoms with van der Waals surface area (Å²) >= 11 is 0. The quantitative estimate of drug-likeness (QED) is 0.661. The van der Waals surface area contributed by atoms with Gasteiger partial charge in [-0.15, -0.1) is 0 Å². The van der Waals surface area contributed by atoms with Gasteiger partial charge in [0, 0.05) is 31.1 Å². The van der Waals surface area contributed by atoms with Crippen LogP contribution in [-0.2, 0) is 13.6 Å². The normalized spacial score (nSPS) is 13.9. The lowest BCUT2D eigenvalue weighted by molar-refractivity contribution is 0.0731. The van der Waals surface area contributed by atoms with Gasteiger partial charge in [0.05, 0.1) is 11.1 Å². The summed E-state index contributed by atoms with van der Waals surface area (Å²) in [7, 11) is 1.74. The summed E-state index contributed by atoms with van der Waals surface area (Å²) in [5.74, 6) is 0.437. The number of pyridine rings is 1. The Morgan fingerprint density at radius 3 is 2.43 bits per heavy atom. The van der Waals surface area contributed by atoms with E-state index >= 15 is 0 Å². The molecule has 0 radical (unpaired) electrons. The summed E-state index contributed by atoms with van der Waals surface area (Å²) in [6.07, 6.45) is 2.05. The molecule has 0 aliphatic heterocycles. The fourth-order valence-electron chi connectivity index (χ4n) is 3.70. The molecule has 4 rings (SSSR count). The van der Waals surface area contributed by atoms with Crippen molar-refractivity contribution in [3.63, 3.8) is 0 Å². The van der Waals surface area contributed by atoms with Crippen LogP contribution in [0, 0.1) is 0 Å². The third-order valence-electron chi connectivity index (χ3n) is 5.63. The number of aryl methyl sites for hydroxylation is 1. The average Bonchev–Trinajstić information content (AvgIpc) is 3.54. The van der Waals surface area contributed by atoms with E-state index in [-0.39, 0.29) is 17.5 Å². The maximum atomic E-state index is 13.5. The van der Waals surface area contributed by atoms with E-state index in [9.17, 15) is 9.59 Å². The van der Waals surface area contributed by atoms with E-state index in [1.54, 1.807) is 11.6 Å². The van der Waals surface area contributed by atoms with Crippen molar-refractivity contribution in [3.05, 3.63) is 81.6 Å². The number of hydrogen-bond acceptors (Lipinski definition) is 2. The first kappa shape index (κ1) is 18.5. The van der Waals surface area contributed by atoms with Crippen LogP contribution in [0.25, 0.3) is 10.9 Å². The highest BCUT2D eigenvalue weighted by molar-refractivity contribution is 6.06. The Balaban J connectivity index is 1.70. The van der Waals surface area contributed by atoms with E-state index < -0.39 is 0 Å². The van der Waals surface area contributed by atoms with Crippen molar-refractivity contribution in [1.82, 2.24) is 9.47 Å². The molecule has 0 unspecified atom stereocenters. The molecule has 0 saturated heterocycles. The number of aromatic nitrogens is 1. The maximum Gasteiger partial charge on any atom is 0.255 e. The fraction of sp³-hybridized carbons (Fsp3) is 0.333. The highest BCUT2D eigenvalue weighted by atomic mass is 16.2. The first-order chi connectivity index (χ1) is 13.5. The Bertz CT molecular complexity index is 1080. The number of para-hydroxylation sites is 1. The molecule has 0 bridgehead atoms. The number of rotatable bonds is 5. The number of benzene rings is 2. The Morgan fingerprint density at radius 1 is 1.11 bits per heavy atom. The lowest BCUT2D eigenvalue weighted by Crippen LogP contribution is -2.34. The molecule has 0 spiro atoms. The molecule has 1 aliphatic rings. The van der Waals surface area contributed by atoms with Crippen molar-refractivity contribution >= 4 is 16.8 Å². The van der Waals surface area contributed by atoms with E-state index in [4.69, 9.17) is 0 Å². The maximum absolute atomic E-state index is 13.5. The molecule has 1 aromatic heterocycles. The summed E-state index contributed by atoms with van der Waals surface area (Å²) < 4.78 is 1.60. The first-order valence-electron chi connectivity index (χ1n) is 9.94. The largest absolute Gasteiger partial charge is 0.331 e. The van der Waals surface area contributed by atoms with E-state index in [1.165, 1.54) is 11.6 Å². The predicted molar refractivity (Wildman–Crippen MR) is 113 cm³/mol. The molecule has 0 N–H and O–H groups in total. The van der Waals surface area contributed by atoms with E-state index in [1.807, 2.05) is 29.2 Å². The zero-order chi connectivity index (χ0) is 19.8. The van der Waals surface area contributed by atoms with Crippen LogP contribution in [0.3, 0.4) is 0 Å². The van der Waals surface area contributed by atoms with E-state index in [2.05, 4.69) is 38.1 Å². The number of nitrogens with zero attached hydrogens (tertiary/aromatic N) is 2. The number of amides is 1. The van der Waals surface area contributed by atoms with Crippen LogP contribution >= 0.6 is 0 Å². The van der Waals surface area contributed by atoms with Crippen LogP contribution in [0.15, 0.2) is 59.4 Å². The van der Waals surface area contributed by atoms with Gasteiger partial charge >= 0.3 is 0 Å². The molecule has 1 fully saturated rings. The summed E-state index contributed by atoms with van der Waals surface area (Å²) in [6, 6.07) is 17.9. The van der Waals surface area contributed by atoms with Crippen LogP contribution < -0.4 is 5.56 Å². The smallest absolute Gasteiger partial charge is 0.255 e. The molecule has 0 atom stereocenters. The van der Waals surface area contributed by atoms with Gasteiger partial charge in [-0.2, -0.15) is 0 Å². The number of carbonyl (C=O) groups excluding carboxylic acids is 1. The molecule has 4 nitrogen and oxygen atoms in total. The average molecular weight is 374 g/mol. The Kier molecular flexibility index (Phi) is 4.80. The summed E-state index contributed by atoms with van der Waals surface area (Å²) in [5.41, 5.74) is 3.56. The molecule has 1 aliphatic carbocycles. The second-order valence-corrected chi connectivity index (χ2v) is 8.03. The van der Waals surface area contributed by atoms with Crippen LogP contribution in [0.5, 0.6) is 0 Å². The van der Waals surface area contributed by atoms with Gasteiger partial charge in [0.2, 0.25) is 0 Å². The van der Waals surface area contributed by atoms with E-state index in [0.717, 1.165) is 29.3 Å². The van der Waals surface area contributed by atoms with Crippen molar-refractivity contribution in [2.24, 2.45) is 7.05 Å². The molecule has 3 aromatic rings. The number of fused-ring (bicyclic) bond motifs is 1. The van der Waals surface area contributed by atoms with Crippen molar-refractivity contribution in [1.29, 1.82) is 0 Å². The number of carbonyl (C=O) groups is 1. The Morgan fingerprint density at radius 2 is 1.79 bits per heavy atom. The van der Waals surface area contributed by atoms with Crippen molar-refractivity contribution in [2.45, 2.75) is 45.2 Å². The van der Waals surface area contributed by atoms with Gasteiger partial charge in [-0.1, -0.05) is 56.3 Å². The molecule has 144 valence electrons. The van der Waals surface area contributed by atoms with Crippen molar-refractivity contribution in [3.8, 4) is 0 Å². The van der Waals surface area contributed by atoms with Crippen LogP contribution in [0.2, 0.25) is 0 Å². The third-order valence-corrected chi connectivity index (χ3v) is 5.63. The predicted octanol–water partition coefficient (Wildman–Crippen LogP) is 4.47. The van der Waals surface area contributed by atoms with Gasteiger partial charge in [-0.3, -0.25) is 9.59 Å². The van der Waals surface area contributed by atoms with Crippen molar-refractivity contribution < 1.29 is 4.79 Å². The van der Waals surface area contributed by atoms with Gasteiger partial charge in [-0.05, 0) is 36.0 Å². The third kappa shape index (κ3) is 3.47. The number of hydrogen-bond donors (Lipinski definition) is 0. The molecule has 1 saturated carbocycles. The van der Waals surface area contributed by atoms with Gasteiger partial charge in [0.1, 0.15) is 0 Å². The molecule has 1 heterocycles. The highest BCUT2D eigenvalue weighted by Crippen LogP contribution is 2.31. The van der Waals surface area contributed by atoms with Gasteiger partial charge in [-0.25, -0.2) is 0 Å². The Hall–Kier alpha value is -2.88. The topological polar surface area (TPSA) is 42.3 Å². The fourth-order valence-corrected chi connectivity index (χ4v) is 3.70. The first-order valence-corrected chi connectivity index (χ1v) is 9.94. The summed E-state index contributed by atoms with van der Waals surface area (Å²) in [6.45, 7) is 4.93. The molecular formula is C24H26N2O2. The SMILES string of the molecule is CC(C)c1ccc(CN(C(=O)c2cc(=O)n(C)c3ccccc23)C2CC2)cc1. The van der Waals surface area contributed by atoms with Crippen LogP contribution in [-0.4, -0.2) is 21.4 Å². The molecule has 2 aromatic carbocycles. The van der Waals surface area contributed by atoms with Crippen LogP contribution in [0.1, 0.15) is 54.1 Å². The lowest BCUT2D eigenvalue weighted by Gasteiger charge is -2.24. The standard InChI is InChI=1S/C24H26N2O2/c1-16(2)18-10-8-17(9-11-18)15-26(19-12-13-19)24(28)21-14-23(27)25(3)22-7-5-4-6-20(21)22/h4-11,14,16,19H,12-13,15H2,1-3H3. The van der Waals surface area contributed by atoms with Crippen molar-refractivity contribution in [2.75, 3.05) is 0 Å². The van der Waals surface area contributed by atoms with E-state index in [0.29, 0.717) is 18.0 Å². The molecule has 4 heteroatoms. The molecule has 1 amide bonds. The van der Waals surface area contributed by atoms with Gasteiger partial charge in [0.15, 0.2) is 0 Å². The van der Waals surface area contributed by atoms with Gasteiger partial charge in [0.25, 0.3) is 11.5 Å². The second kappa shape index (κ2) is 7.27. The Labute approximate surface area is 165 Å². The minimum Gasteiger partial charge on any atom is -0.331 e. The summed E-state index contributed by atoms with van der Waals surface area (Å²) in [5, 5.41) is 0.829. The zero-order valence-corrected chi connectivity index (χ0v) is 16.7. The minimum absolute atomic E-state index is 0.0515. The molecule has 28 heavy (non-hydrogen) atoms. The lowest BCUT2D eigenvalue weighted by atomic mass is 10.0. The highest BCUT2D eigenvalue weighted by Gasteiger charge is 2.34. The monoisotopic (exact) mass is 374 g/mol. The zero-order valence-electron chi connectivity index (χ0n) is 16.7. The van der Waals surface area contributed by atoms with Crippen LogP contribution in [0.4, 0.5) is 0 Å². The van der Waals surface area contributed by atoms with Gasteiger partial charge < -0.3 is 9.47 Å². The molecular weight excluding hydrogens is 348 g/mol.